The molecule has 0 saturated carbocycles. The van der Waals surface area contributed by atoms with E-state index in [-0.39, 0.29) is 12.1 Å². The van der Waals surface area contributed by atoms with Gasteiger partial charge in [-0.05, 0) is 36.8 Å². The van der Waals surface area contributed by atoms with Gasteiger partial charge in [0.2, 0.25) is 0 Å². The van der Waals surface area contributed by atoms with E-state index in [9.17, 15) is 37.6 Å². The van der Waals surface area contributed by atoms with Crippen LogP contribution in [-0.2, 0) is 17.4 Å². The van der Waals surface area contributed by atoms with E-state index in [0.717, 1.165) is 25.1 Å². The van der Waals surface area contributed by atoms with Crippen molar-refractivity contribution in [2.75, 3.05) is 5.32 Å². The van der Waals surface area contributed by atoms with Gasteiger partial charge >= 0.3 is 6.18 Å². The molecule has 0 fully saturated rings. The molecule has 0 unspecified atom stereocenters. The zero-order valence-corrected chi connectivity index (χ0v) is 13.9. The zero-order chi connectivity index (χ0) is 20.4. The quantitative estimate of drug-likeness (QED) is 0.466. The molecule has 0 saturated heterocycles. The lowest BCUT2D eigenvalue weighted by Gasteiger charge is -2.22. The zero-order valence-electron chi connectivity index (χ0n) is 13.9. The minimum atomic E-state index is -5.00. The van der Waals surface area contributed by atoms with Crippen molar-refractivity contribution in [3.63, 3.8) is 0 Å². The Bertz CT molecular complexity index is 864. The topological polar surface area (TPSA) is 92.5 Å². The van der Waals surface area contributed by atoms with Crippen molar-refractivity contribution < 1.29 is 32.4 Å². The van der Waals surface area contributed by atoms with Crippen molar-refractivity contribution in [1.29, 1.82) is 0 Å². The number of carbonyl (C=O) groups excluding carboxylic acids is 1. The molecular weight excluding hydrogens is 372 g/mol. The van der Waals surface area contributed by atoms with Crippen LogP contribution in [0.5, 0.6) is 0 Å². The number of hydrogen-bond acceptors (Lipinski definition) is 4. The van der Waals surface area contributed by atoms with Crippen molar-refractivity contribution in [2.24, 2.45) is 0 Å². The number of nitro groups is 1. The number of anilines is 1. The van der Waals surface area contributed by atoms with E-state index in [4.69, 9.17) is 0 Å². The molecule has 0 bridgehead atoms. The van der Waals surface area contributed by atoms with Gasteiger partial charge in [-0.15, -0.1) is 0 Å². The van der Waals surface area contributed by atoms with Crippen LogP contribution in [0, 0.1) is 15.9 Å². The Morgan fingerprint density at radius 3 is 2.30 bits per heavy atom. The smallest absolute Gasteiger partial charge is 0.380 e. The molecule has 0 aromatic heterocycles. The van der Waals surface area contributed by atoms with Crippen LogP contribution in [0.3, 0.4) is 0 Å². The van der Waals surface area contributed by atoms with Crippen molar-refractivity contribution in [3.8, 4) is 0 Å². The van der Waals surface area contributed by atoms with Crippen LogP contribution in [0.15, 0.2) is 42.5 Å². The predicted octanol–water partition coefficient (Wildman–Crippen LogP) is 3.68. The number of carbonyl (C=O) groups is 1. The van der Waals surface area contributed by atoms with Crippen LogP contribution in [0.4, 0.5) is 28.9 Å². The summed E-state index contributed by atoms with van der Waals surface area (Å²) in [6.07, 6.45) is -5.22. The number of alkyl halides is 3. The van der Waals surface area contributed by atoms with Gasteiger partial charge < -0.3 is 10.4 Å². The number of halogens is 4. The number of nitrogens with one attached hydrogen (secondary N) is 1. The van der Waals surface area contributed by atoms with Gasteiger partial charge in [0, 0.05) is 18.2 Å². The van der Waals surface area contributed by atoms with Crippen LogP contribution in [-0.4, -0.2) is 21.5 Å². The summed E-state index contributed by atoms with van der Waals surface area (Å²) in [6.45, 7) is 1.14. The normalized spacial score (nSPS) is 13.7. The molecule has 10 heteroatoms. The monoisotopic (exact) mass is 386 g/mol. The third-order valence-corrected chi connectivity index (χ3v) is 3.71. The second kappa shape index (κ2) is 7.31. The highest BCUT2D eigenvalue weighted by molar-refractivity contribution is 5.97. The summed E-state index contributed by atoms with van der Waals surface area (Å²) in [5.74, 6) is -1.53. The highest BCUT2D eigenvalue weighted by atomic mass is 19.4. The van der Waals surface area contributed by atoms with Crippen molar-refractivity contribution in [1.82, 2.24) is 0 Å². The lowest BCUT2D eigenvalue weighted by molar-refractivity contribution is -0.388. The lowest BCUT2D eigenvalue weighted by Crippen LogP contribution is -2.42. The van der Waals surface area contributed by atoms with E-state index in [1.165, 1.54) is 12.1 Å². The second-order valence-corrected chi connectivity index (χ2v) is 6.02. The molecule has 6 nitrogen and oxygen atoms in total. The van der Waals surface area contributed by atoms with E-state index in [1.54, 1.807) is 0 Å². The minimum Gasteiger partial charge on any atom is -0.380 e. The van der Waals surface area contributed by atoms with Crippen molar-refractivity contribution >= 4 is 17.3 Å². The fraction of sp³-hybridized carbons (Fsp3) is 0.235. The Morgan fingerprint density at radius 2 is 1.78 bits per heavy atom. The molecule has 144 valence electrons. The Hall–Kier alpha value is -3.01. The van der Waals surface area contributed by atoms with Gasteiger partial charge in [0.1, 0.15) is 17.0 Å². The van der Waals surface area contributed by atoms with Gasteiger partial charge in [0.05, 0.1) is 4.92 Å². The summed E-state index contributed by atoms with van der Waals surface area (Å²) in [5.41, 5.74) is -4.63. The summed E-state index contributed by atoms with van der Waals surface area (Å²) in [5, 5.41) is 23.1. The molecule has 0 spiro atoms. The number of aliphatic hydroxyl groups is 1. The number of hydrogen-bond donors (Lipinski definition) is 2. The molecule has 0 aliphatic rings. The number of rotatable bonds is 5. The minimum absolute atomic E-state index is 0.224. The molecule has 2 rings (SSSR count). The van der Waals surface area contributed by atoms with E-state index in [0.29, 0.717) is 17.7 Å². The average Bonchev–Trinajstić information content (AvgIpc) is 2.55. The fourth-order valence-electron chi connectivity index (χ4n) is 2.35. The average molecular weight is 386 g/mol. The summed E-state index contributed by atoms with van der Waals surface area (Å²) in [6, 6.07) is 6.94. The molecule has 2 aromatic rings. The van der Waals surface area contributed by atoms with Crippen LogP contribution in [0.2, 0.25) is 0 Å². The number of benzene rings is 2. The molecular formula is C17H14F4N2O4. The van der Waals surface area contributed by atoms with E-state index in [1.807, 2.05) is 0 Å². The highest BCUT2D eigenvalue weighted by Crippen LogP contribution is 2.37. The Kier molecular flexibility index (Phi) is 5.50. The standard InChI is InChI=1S/C17H14F4N2O4/c1-16(25,9-10-2-4-11(18)5-3-10)15(24)22-12-6-7-14(23(26)27)13(8-12)17(19,20)21/h2-8,25H,9H2,1H3,(H,22,24)/t16-/m0/s1. The Labute approximate surface area is 150 Å². The maximum absolute atomic E-state index is 13.0. The Balaban J connectivity index is 2.23. The summed E-state index contributed by atoms with van der Waals surface area (Å²) in [7, 11) is 0. The summed E-state index contributed by atoms with van der Waals surface area (Å²) in [4.78, 5) is 21.8. The van der Waals surface area contributed by atoms with Gasteiger partial charge in [0.25, 0.3) is 11.6 Å². The van der Waals surface area contributed by atoms with Crippen molar-refractivity contribution in [2.45, 2.75) is 25.1 Å². The van der Waals surface area contributed by atoms with Gasteiger partial charge in [-0.1, -0.05) is 12.1 Å². The molecule has 0 radical (unpaired) electrons. The highest BCUT2D eigenvalue weighted by Gasteiger charge is 2.39. The maximum Gasteiger partial charge on any atom is 0.423 e. The predicted molar refractivity (Wildman–Crippen MR) is 87.5 cm³/mol. The van der Waals surface area contributed by atoms with E-state index in [2.05, 4.69) is 5.32 Å². The molecule has 0 heterocycles. The maximum atomic E-state index is 13.0. The number of amides is 1. The number of nitro benzene ring substituents is 1. The SMILES string of the molecule is C[C@](O)(Cc1ccc(F)cc1)C(=O)Nc1ccc([N+](=O)[O-])c(C(F)(F)F)c1. The molecule has 2 N–H and O–H groups in total. The van der Waals surface area contributed by atoms with Gasteiger partial charge in [0.15, 0.2) is 0 Å². The van der Waals surface area contributed by atoms with E-state index >= 15 is 0 Å². The van der Waals surface area contributed by atoms with Gasteiger partial charge in [-0.3, -0.25) is 14.9 Å². The van der Waals surface area contributed by atoms with Crippen LogP contribution >= 0.6 is 0 Å². The van der Waals surface area contributed by atoms with Gasteiger partial charge in [-0.25, -0.2) is 4.39 Å². The first-order valence-corrected chi connectivity index (χ1v) is 7.54. The van der Waals surface area contributed by atoms with Crippen molar-refractivity contribution in [3.05, 3.63) is 69.5 Å². The molecule has 1 atom stereocenters. The largest absolute Gasteiger partial charge is 0.423 e. The van der Waals surface area contributed by atoms with E-state index < -0.39 is 39.7 Å². The molecule has 2 aromatic carbocycles. The third kappa shape index (κ3) is 5.00. The summed E-state index contributed by atoms with van der Waals surface area (Å²) >= 11 is 0. The second-order valence-electron chi connectivity index (χ2n) is 6.02. The third-order valence-electron chi connectivity index (χ3n) is 3.71. The number of nitrogens with zero attached hydrogens (tertiary/aromatic N) is 1. The summed E-state index contributed by atoms with van der Waals surface area (Å²) < 4.78 is 51.9. The Morgan fingerprint density at radius 1 is 1.19 bits per heavy atom. The van der Waals surface area contributed by atoms with Crippen LogP contribution in [0.1, 0.15) is 18.1 Å². The molecule has 0 aliphatic heterocycles. The van der Waals surface area contributed by atoms with Gasteiger partial charge in [-0.2, -0.15) is 13.2 Å². The lowest BCUT2D eigenvalue weighted by atomic mass is 9.95. The molecule has 1 amide bonds. The first kappa shape index (κ1) is 20.3. The van der Waals surface area contributed by atoms with Crippen LogP contribution < -0.4 is 5.32 Å². The fourth-order valence-corrected chi connectivity index (χ4v) is 2.35. The van der Waals surface area contributed by atoms with Crippen LogP contribution in [0.25, 0.3) is 0 Å². The molecule has 27 heavy (non-hydrogen) atoms. The first-order valence-electron chi connectivity index (χ1n) is 7.54. The molecule has 0 aliphatic carbocycles. The first-order chi connectivity index (χ1) is 12.4.